The lowest BCUT2D eigenvalue weighted by Gasteiger charge is -2.50. The fourth-order valence-electron chi connectivity index (χ4n) is 10.5. The molecule has 4 heterocycles. The van der Waals surface area contributed by atoms with Crippen LogP contribution in [0.15, 0.2) is 121 Å². The molecule has 2 amide bonds. The number of hydroxylamine groups is 2. The number of carbonyl (C=O) groups excluding carboxylic acids is 3. The number of nitrogens with zero attached hydrogens (tertiary/aromatic N) is 2. The highest BCUT2D eigenvalue weighted by atomic mass is 16.8. The Morgan fingerprint density at radius 3 is 2.25 bits per heavy atom. The highest BCUT2D eigenvalue weighted by Crippen LogP contribution is 2.60. The molecule has 0 radical (unpaired) electrons. The SMILES string of the molecule is CN(C(=O)C12CC3OC(=O)C1N(Cc1ccccc1C=CC1CCC4OC4C1)OC2C1OC(c2ccccc2)(c2ccccc2)OC31)C(Cc1ccccc1)C(=O)NCCO. The van der Waals surface area contributed by atoms with Crippen LogP contribution in [0.5, 0.6) is 0 Å². The molecule has 2 N–H and O–H groups in total. The van der Waals surface area contributed by atoms with Gasteiger partial charge in [0.25, 0.3) is 0 Å². The predicted molar refractivity (Wildman–Crippen MR) is 223 cm³/mol. The van der Waals surface area contributed by atoms with Crippen LogP contribution in [0.2, 0.25) is 0 Å². The van der Waals surface area contributed by atoms with Crippen molar-refractivity contribution < 1.29 is 43.3 Å². The van der Waals surface area contributed by atoms with Crippen LogP contribution in [0.4, 0.5) is 0 Å². The highest BCUT2D eigenvalue weighted by Gasteiger charge is 2.77. The van der Waals surface area contributed by atoms with E-state index in [1.54, 1.807) is 12.1 Å². The molecule has 10 atom stereocenters. The summed E-state index contributed by atoms with van der Waals surface area (Å²) < 4.78 is 26.4. The third-order valence-corrected chi connectivity index (χ3v) is 13.6. The van der Waals surface area contributed by atoms with Crippen LogP contribution in [0.3, 0.4) is 0 Å². The second kappa shape index (κ2) is 16.2. The molecule has 4 aromatic carbocycles. The maximum Gasteiger partial charge on any atom is 0.327 e. The molecule has 2 saturated carbocycles. The molecule has 4 saturated heterocycles. The molecular formula is C49H51N3O9. The van der Waals surface area contributed by atoms with E-state index in [9.17, 15) is 14.7 Å². The van der Waals surface area contributed by atoms with Crippen LogP contribution in [0, 0.1) is 11.3 Å². The standard InChI is InChI=1S/C49H51N3O9/c1-51(37(45(54)50-25-26-53)27-31-13-5-2-6-14-31)47(56)48-29-40-41-42(60-49(59-41,35-17-7-3-8-18-35)36-19-9-4-10-20-36)44(48)61-52(43(48)46(55)58-40)30-34-16-12-11-15-33(34)23-21-32-22-24-38-39(28-32)57-38/h2-21,23,32,37-44,53H,22,24-30H2,1H3,(H,50,54). The van der Waals surface area contributed by atoms with Gasteiger partial charge in [0.2, 0.25) is 17.6 Å². The van der Waals surface area contributed by atoms with Crippen LogP contribution in [0.25, 0.3) is 6.08 Å². The first-order valence-corrected chi connectivity index (χ1v) is 21.5. The summed E-state index contributed by atoms with van der Waals surface area (Å²) in [7, 11) is 1.61. The molecule has 12 nitrogen and oxygen atoms in total. The second-order valence-electron chi connectivity index (χ2n) is 17.2. The number of esters is 1. The van der Waals surface area contributed by atoms with E-state index in [0.717, 1.165) is 47.1 Å². The molecule has 316 valence electrons. The number of rotatable bonds is 13. The van der Waals surface area contributed by atoms with Gasteiger partial charge in [-0.3, -0.25) is 19.2 Å². The van der Waals surface area contributed by atoms with Gasteiger partial charge in [-0.05, 0) is 41.9 Å². The minimum atomic E-state index is -1.54. The van der Waals surface area contributed by atoms with Gasteiger partial charge in [0.05, 0.1) is 25.4 Å². The van der Waals surface area contributed by atoms with Crippen molar-refractivity contribution in [2.75, 3.05) is 20.2 Å². The molecular weight excluding hydrogens is 775 g/mol. The van der Waals surface area contributed by atoms with Crippen molar-refractivity contribution >= 4 is 23.9 Å². The van der Waals surface area contributed by atoms with Crippen molar-refractivity contribution in [1.29, 1.82) is 0 Å². The molecule has 12 heteroatoms. The molecule has 2 bridgehead atoms. The molecule has 61 heavy (non-hydrogen) atoms. The summed E-state index contributed by atoms with van der Waals surface area (Å²) in [5.41, 5.74) is 2.68. The summed E-state index contributed by atoms with van der Waals surface area (Å²) in [6, 6.07) is 34.6. The van der Waals surface area contributed by atoms with Crippen LogP contribution in [-0.4, -0.2) is 102 Å². The number of aliphatic hydroxyl groups is 1. The molecule has 4 aromatic rings. The number of allylic oxidation sites excluding steroid dienone is 1. The van der Waals surface area contributed by atoms with Crippen LogP contribution >= 0.6 is 0 Å². The summed E-state index contributed by atoms with van der Waals surface area (Å²) in [4.78, 5) is 52.9. The number of benzene rings is 4. The van der Waals surface area contributed by atoms with Crippen molar-refractivity contribution in [3.63, 3.8) is 0 Å². The van der Waals surface area contributed by atoms with Gasteiger partial charge in [0.15, 0.2) is 6.04 Å². The zero-order chi connectivity index (χ0) is 41.7. The molecule has 10 unspecified atom stereocenters. The number of ether oxygens (including phenoxy) is 4. The topological polar surface area (TPSA) is 139 Å². The number of fused-ring (bicyclic) bond motifs is 5. The van der Waals surface area contributed by atoms with Crippen LogP contribution in [-0.2, 0) is 56.9 Å². The Kier molecular flexibility index (Phi) is 10.6. The van der Waals surface area contributed by atoms with Gasteiger partial charge in [-0.25, -0.2) is 0 Å². The minimum Gasteiger partial charge on any atom is -0.458 e. The van der Waals surface area contributed by atoms with Gasteiger partial charge in [0.1, 0.15) is 35.9 Å². The Morgan fingerprint density at radius 2 is 1.54 bits per heavy atom. The normalized spacial score (nSPS) is 31.1. The molecule has 0 spiro atoms. The van der Waals surface area contributed by atoms with Gasteiger partial charge in [-0.1, -0.05) is 127 Å². The maximum absolute atomic E-state index is 15.8. The lowest BCUT2D eigenvalue weighted by molar-refractivity contribution is -0.214. The Morgan fingerprint density at radius 1 is 0.869 bits per heavy atom. The Hall–Kier alpha value is -5.21. The van der Waals surface area contributed by atoms with E-state index in [-0.39, 0.29) is 32.5 Å². The summed E-state index contributed by atoms with van der Waals surface area (Å²) >= 11 is 0. The summed E-state index contributed by atoms with van der Waals surface area (Å²) in [5, 5.41) is 14.0. The third kappa shape index (κ3) is 7.09. The number of hydrogen-bond donors (Lipinski definition) is 2. The monoisotopic (exact) mass is 825 g/mol. The fourth-order valence-corrected chi connectivity index (χ4v) is 10.5. The summed E-state index contributed by atoms with van der Waals surface area (Å²) in [6.07, 6.45) is 5.08. The number of hydrogen-bond acceptors (Lipinski definition) is 10. The number of likely N-dealkylation sites (N-methyl/N-ethyl adjacent to an activating group) is 1. The predicted octanol–water partition coefficient (Wildman–Crippen LogP) is 4.93. The van der Waals surface area contributed by atoms with Gasteiger partial charge in [-0.2, -0.15) is 5.06 Å². The first-order valence-electron chi connectivity index (χ1n) is 21.5. The number of nitrogens with one attached hydrogen (secondary N) is 1. The van der Waals surface area contributed by atoms with Gasteiger partial charge in [-0.15, -0.1) is 0 Å². The maximum atomic E-state index is 15.8. The number of aliphatic hydroxyl groups excluding tert-OH is 1. The van der Waals surface area contributed by atoms with Crippen LogP contribution < -0.4 is 5.32 Å². The minimum absolute atomic E-state index is 0.0211. The van der Waals surface area contributed by atoms with E-state index in [1.807, 2.05) is 109 Å². The van der Waals surface area contributed by atoms with Crippen molar-refractivity contribution in [3.05, 3.63) is 149 Å². The Balaban J connectivity index is 1.05. The van der Waals surface area contributed by atoms with E-state index in [4.69, 9.17) is 23.8 Å². The molecule has 6 fully saturated rings. The zero-order valence-electron chi connectivity index (χ0n) is 34.1. The zero-order valence-corrected chi connectivity index (χ0v) is 34.1. The Labute approximate surface area is 355 Å². The number of amides is 2. The first-order chi connectivity index (χ1) is 29.8. The number of carbonyl (C=O) groups is 3. The largest absolute Gasteiger partial charge is 0.458 e. The average molecular weight is 826 g/mol. The molecule has 2 aliphatic carbocycles. The molecule has 0 aromatic heterocycles. The quantitative estimate of drug-likeness (QED) is 0.141. The Bertz CT molecular complexity index is 2240. The van der Waals surface area contributed by atoms with Crippen molar-refractivity contribution in [2.45, 2.75) is 93.1 Å². The number of epoxide rings is 1. The molecule has 6 aliphatic rings. The van der Waals surface area contributed by atoms with Crippen molar-refractivity contribution in [3.8, 4) is 0 Å². The average Bonchev–Trinajstić information content (AvgIpc) is 3.82. The fraction of sp³-hybridized carbons (Fsp3) is 0.408. The van der Waals surface area contributed by atoms with E-state index in [2.05, 4.69) is 23.5 Å². The lowest BCUT2D eigenvalue weighted by Crippen LogP contribution is -2.70. The lowest BCUT2D eigenvalue weighted by atomic mass is 9.62. The molecule has 10 rings (SSSR count). The highest BCUT2D eigenvalue weighted by molar-refractivity contribution is 5.96. The second-order valence-corrected chi connectivity index (χ2v) is 17.2. The smallest absolute Gasteiger partial charge is 0.327 e. The summed E-state index contributed by atoms with van der Waals surface area (Å²) in [6.45, 7) is -0.0687. The van der Waals surface area contributed by atoms with E-state index >= 15 is 4.79 Å². The van der Waals surface area contributed by atoms with Gasteiger partial charge in [0, 0.05) is 37.6 Å². The summed E-state index contributed by atoms with van der Waals surface area (Å²) in [5.74, 6) is -2.45. The van der Waals surface area contributed by atoms with Gasteiger partial charge >= 0.3 is 5.97 Å². The van der Waals surface area contributed by atoms with E-state index in [0.29, 0.717) is 18.1 Å². The molecule has 4 aliphatic heterocycles. The van der Waals surface area contributed by atoms with Crippen molar-refractivity contribution in [2.24, 2.45) is 11.3 Å². The van der Waals surface area contributed by atoms with Crippen molar-refractivity contribution in [1.82, 2.24) is 15.3 Å². The van der Waals surface area contributed by atoms with Crippen LogP contribution in [0.1, 0.15) is 53.5 Å². The van der Waals surface area contributed by atoms with E-state index < -0.39 is 65.5 Å². The van der Waals surface area contributed by atoms with E-state index in [1.165, 1.54) is 4.90 Å². The first kappa shape index (κ1) is 39.9. The third-order valence-electron chi connectivity index (χ3n) is 13.6. The van der Waals surface area contributed by atoms with Gasteiger partial charge < -0.3 is 34.3 Å².